The van der Waals surface area contributed by atoms with E-state index in [1.165, 1.54) is 0 Å². The number of halogens is 2. The number of rotatable bonds is 7. The van der Waals surface area contributed by atoms with Gasteiger partial charge in [-0.15, -0.1) is 0 Å². The minimum absolute atomic E-state index is 0.0482. The van der Waals surface area contributed by atoms with Gasteiger partial charge in [0.1, 0.15) is 12.4 Å². The number of fused-ring (bicyclic) bond motifs is 2. The van der Waals surface area contributed by atoms with Gasteiger partial charge >= 0.3 is 5.97 Å². The number of carbonyl (C=O) groups excluding carboxylic acids is 1. The first-order chi connectivity index (χ1) is 15.4. The molecule has 2 fully saturated rings. The normalized spacial score (nSPS) is 26.6. The summed E-state index contributed by atoms with van der Waals surface area (Å²) in [5.74, 6) is 0.726. The van der Waals surface area contributed by atoms with Crippen molar-refractivity contribution in [3.63, 3.8) is 0 Å². The van der Waals surface area contributed by atoms with Crippen LogP contribution in [0.5, 0.6) is 5.75 Å². The Bertz CT molecular complexity index is 1050. The Morgan fingerprint density at radius 1 is 1.06 bits per heavy atom. The standard InChI is InChI=1S/C26H34I2O4/c1-27(2)28(3)15-16-31-25(29)24-20-9-14-23(24)26(30,17-20)21-10-12-22(13-11-21)32-18-19-7-5-4-6-8-19/h4-8,10-13,20,23-24,30H,9,14-18H2,1-3H3. The number of ether oxygens (including phenoxy) is 2. The highest BCUT2D eigenvalue weighted by molar-refractivity contribution is 14.8. The molecule has 176 valence electrons. The second kappa shape index (κ2) is 10.6. The highest BCUT2D eigenvalue weighted by Crippen LogP contribution is 2.59. The Balaban J connectivity index is 1.39. The molecule has 0 spiro atoms. The summed E-state index contributed by atoms with van der Waals surface area (Å²) in [5, 5.41) is 11.6. The number of aliphatic hydroxyl groups is 1. The molecule has 2 aliphatic carbocycles. The van der Waals surface area contributed by atoms with Crippen molar-refractivity contribution < 1.29 is 19.4 Å². The van der Waals surface area contributed by atoms with Gasteiger partial charge in [-0.3, -0.25) is 4.79 Å². The van der Waals surface area contributed by atoms with Gasteiger partial charge in [0, 0.05) is 10.3 Å². The van der Waals surface area contributed by atoms with E-state index < -0.39 is 35.4 Å². The Morgan fingerprint density at radius 2 is 1.78 bits per heavy atom. The molecule has 2 bridgehead atoms. The summed E-state index contributed by atoms with van der Waals surface area (Å²) in [5.41, 5.74) is 1.07. The number of carbonyl (C=O) groups is 1. The molecule has 0 aromatic heterocycles. The molecular weight excluding hydrogens is 630 g/mol. The lowest BCUT2D eigenvalue weighted by atomic mass is 9.78. The molecule has 6 heteroatoms. The molecular formula is C26H34I2O4. The van der Waals surface area contributed by atoms with Crippen LogP contribution in [-0.4, -0.2) is 36.9 Å². The first kappa shape index (κ1) is 24.3. The lowest BCUT2D eigenvalue weighted by Crippen LogP contribution is -2.34. The topological polar surface area (TPSA) is 55.8 Å². The predicted molar refractivity (Wildman–Crippen MR) is 147 cm³/mol. The Morgan fingerprint density at radius 3 is 2.47 bits per heavy atom. The number of benzene rings is 2. The van der Waals surface area contributed by atoms with E-state index in [0.29, 0.717) is 19.6 Å². The molecule has 4 atom stereocenters. The Kier molecular flexibility index (Phi) is 8.03. The van der Waals surface area contributed by atoms with Crippen molar-refractivity contribution in [3.8, 4) is 5.75 Å². The molecule has 4 unspecified atom stereocenters. The van der Waals surface area contributed by atoms with E-state index in [2.05, 4.69) is 14.8 Å². The highest BCUT2D eigenvalue weighted by Gasteiger charge is 2.60. The Labute approximate surface area is 200 Å². The van der Waals surface area contributed by atoms with Crippen molar-refractivity contribution >= 4 is 35.8 Å². The Hall–Kier alpha value is -0.870. The quantitative estimate of drug-likeness (QED) is 0.229. The van der Waals surface area contributed by atoms with Crippen molar-refractivity contribution in [2.24, 2.45) is 17.8 Å². The van der Waals surface area contributed by atoms with E-state index in [4.69, 9.17) is 9.47 Å². The van der Waals surface area contributed by atoms with Crippen molar-refractivity contribution in [2.75, 3.05) is 25.8 Å². The molecule has 1 N–H and O–H groups in total. The van der Waals surface area contributed by atoms with Gasteiger partial charge in [-0.05, 0) is 63.2 Å². The van der Waals surface area contributed by atoms with Gasteiger partial charge in [0.05, 0.1) is 18.1 Å². The van der Waals surface area contributed by atoms with Gasteiger partial charge in [-0.2, -0.15) is 29.8 Å². The fourth-order valence-corrected chi connectivity index (χ4v) is 13.4. The van der Waals surface area contributed by atoms with Crippen LogP contribution >= 0.6 is 29.8 Å². The second-order valence-corrected chi connectivity index (χ2v) is 37.0. The van der Waals surface area contributed by atoms with Crippen molar-refractivity contribution in [2.45, 2.75) is 31.5 Å². The molecule has 4 rings (SSSR count). The second-order valence-electron chi connectivity index (χ2n) is 8.93. The SMILES string of the molecule is CI(C)#I(C)CCOC(=O)C1C2CCC1C(O)(c1ccc(OCc3ccccc3)cc1)C2. The smallest absolute Gasteiger partial charge is 0.309 e. The minimum atomic E-state index is -0.945. The van der Waals surface area contributed by atoms with Gasteiger partial charge in [0.2, 0.25) is 0 Å². The third-order valence-electron chi connectivity index (χ3n) is 6.92. The maximum atomic E-state index is 12.9. The van der Waals surface area contributed by atoms with Crippen molar-refractivity contribution in [1.82, 2.24) is 0 Å². The van der Waals surface area contributed by atoms with Gasteiger partial charge < -0.3 is 14.6 Å². The molecule has 0 saturated heterocycles. The fourth-order valence-electron chi connectivity index (χ4n) is 5.15. The van der Waals surface area contributed by atoms with E-state index in [1.807, 2.05) is 54.6 Å². The van der Waals surface area contributed by atoms with Crippen LogP contribution in [0.15, 0.2) is 54.6 Å². The monoisotopic (exact) mass is 664 g/mol. The van der Waals surface area contributed by atoms with E-state index in [0.717, 1.165) is 34.1 Å². The first-order valence-corrected chi connectivity index (χ1v) is 25.4. The van der Waals surface area contributed by atoms with Crippen LogP contribution in [0, 0.1) is 17.8 Å². The molecule has 0 heterocycles. The van der Waals surface area contributed by atoms with E-state index in [1.54, 1.807) is 0 Å². The molecule has 2 aromatic rings. The van der Waals surface area contributed by atoms with Crippen LogP contribution in [0.4, 0.5) is 0 Å². The molecule has 4 nitrogen and oxygen atoms in total. The average Bonchev–Trinajstić information content (AvgIpc) is 3.34. The van der Waals surface area contributed by atoms with Crippen LogP contribution in [0.25, 0.3) is 0 Å². The van der Waals surface area contributed by atoms with Gasteiger partial charge in [-0.25, -0.2) is 0 Å². The van der Waals surface area contributed by atoms with Gasteiger partial charge in [0.25, 0.3) is 0 Å². The maximum absolute atomic E-state index is 12.9. The van der Waals surface area contributed by atoms with Crippen molar-refractivity contribution in [1.29, 1.82) is 0 Å². The third kappa shape index (κ3) is 5.27. The van der Waals surface area contributed by atoms with Gasteiger partial charge in [0.15, 0.2) is 0 Å². The lowest BCUT2D eigenvalue weighted by Gasteiger charge is -2.33. The molecule has 0 aliphatic heterocycles. The number of hydrogen-bond donors (Lipinski definition) is 1. The van der Waals surface area contributed by atoms with E-state index in [9.17, 15) is 9.90 Å². The fraction of sp³-hybridized carbons (Fsp3) is 0.500. The summed E-state index contributed by atoms with van der Waals surface area (Å²) in [6.45, 7) is 1.10. The lowest BCUT2D eigenvalue weighted by molar-refractivity contribution is -0.151. The largest absolute Gasteiger partial charge is 0.489 e. The molecule has 2 aliphatic rings. The van der Waals surface area contributed by atoms with Crippen LogP contribution < -0.4 is 4.74 Å². The predicted octanol–water partition coefficient (Wildman–Crippen LogP) is 5.86. The summed E-state index contributed by atoms with van der Waals surface area (Å²) in [6.07, 6.45) is 2.55. The van der Waals surface area contributed by atoms with Crippen LogP contribution in [0.3, 0.4) is 0 Å². The summed E-state index contributed by atoms with van der Waals surface area (Å²) < 4.78 is 12.8. The first-order valence-electron chi connectivity index (χ1n) is 11.1. The zero-order valence-corrected chi connectivity index (χ0v) is 23.4. The summed E-state index contributed by atoms with van der Waals surface area (Å²) >= 11 is -1.55. The molecule has 0 radical (unpaired) electrons. The van der Waals surface area contributed by atoms with Crippen LogP contribution in [-0.2, 0) is 21.7 Å². The summed E-state index contributed by atoms with van der Waals surface area (Å²) in [6, 6.07) is 17.9. The van der Waals surface area contributed by atoms with Crippen LogP contribution in [0.2, 0.25) is 0 Å². The molecule has 32 heavy (non-hydrogen) atoms. The van der Waals surface area contributed by atoms with E-state index in [-0.39, 0.29) is 23.7 Å². The molecule has 2 aromatic carbocycles. The summed E-state index contributed by atoms with van der Waals surface area (Å²) in [7, 11) is 0. The zero-order valence-electron chi connectivity index (χ0n) is 19.1. The molecule has 0 amide bonds. The van der Waals surface area contributed by atoms with Crippen LogP contribution in [0.1, 0.15) is 30.4 Å². The third-order valence-corrected chi connectivity index (χ3v) is 33.0. The number of hydrogen-bond acceptors (Lipinski definition) is 4. The zero-order chi connectivity index (χ0) is 22.7. The van der Waals surface area contributed by atoms with Gasteiger partial charge in [-0.1, -0.05) is 42.5 Å². The van der Waals surface area contributed by atoms with Crippen molar-refractivity contribution in [3.05, 3.63) is 65.7 Å². The summed E-state index contributed by atoms with van der Waals surface area (Å²) in [4.78, 5) is 20.2. The maximum Gasteiger partial charge on any atom is 0.309 e. The molecule has 2 saturated carbocycles. The number of alkyl halides is 4. The van der Waals surface area contributed by atoms with E-state index >= 15 is 0 Å². The highest BCUT2D eigenvalue weighted by atomic mass is 127. The number of esters is 1. The minimum Gasteiger partial charge on any atom is -0.489 e. The average molecular weight is 664 g/mol.